The lowest BCUT2D eigenvalue weighted by atomic mass is 10.1. The fourth-order valence-electron chi connectivity index (χ4n) is 2.16. The number of ether oxygens (including phenoxy) is 1. The number of hydrogen-bond acceptors (Lipinski definition) is 6. The lowest BCUT2D eigenvalue weighted by molar-refractivity contribution is -0.141. The first-order valence-electron chi connectivity index (χ1n) is 7.81. The lowest BCUT2D eigenvalue weighted by Crippen LogP contribution is -2.31. The Morgan fingerprint density at radius 3 is 2.63 bits per heavy atom. The highest BCUT2D eigenvalue weighted by Gasteiger charge is 2.35. The van der Waals surface area contributed by atoms with E-state index in [4.69, 9.17) is 16.3 Å². The molecule has 0 saturated carbocycles. The molecular weight excluding hydrogens is 407 g/mol. The maximum Gasteiger partial charge on any atom is 0.433 e. The first kappa shape index (κ1) is 21.2. The van der Waals surface area contributed by atoms with E-state index in [2.05, 4.69) is 9.97 Å². The summed E-state index contributed by atoms with van der Waals surface area (Å²) in [6.45, 7) is 3.34. The fraction of sp³-hybridized carbons (Fsp3) is 0.375. The second kappa shape index (κ2) is 8.75. The van der Waals surface area contributed by atoms with Gasteiger partial charge < -0.3 is 4.74 Å². The smallest absolute Gasteiger partial charge is 0.433 e. The van der Waals surface area contributed by atoms with Gasteiger partial charge in [-0.25, -0.2) is 9.78 Å². The summed E-state index contributed by atoms with van der Waals surface area (Å²) in [5.74, 6) is 0.0949. The Kier molecular flexibility index (Phi) is 6.88. The number of carbonyl (C=O) groups is 1. The predicted octanol–water partition coefficient (Wildman–Crippen LogP) is 4.17. The van der Waals surface area contributed by atoms with Gasteiger partial charge in [0.05, 0.1) is 11.6 Å². The molecule has 0 unspecified atom stereocenters. The monoisotopic (exact) mass is 421 g/mol. The van der Waals surface area contributed by atoms with Crippen LogP contribution in [0.1, 0.15) is 30.7 Å². The van der Waals surface area contributed by atoms with Crippen LogP contribution in [0.5, 0.6) is 0 Å². The van der Waals surface area contributed by atoms with Crippen molar-refractivity contribution in [3.05, 3.63) is 50.7 Å². The summed E-state index contributed by atoms with van der Waals surface area (Å²) in [6, 6.07) is 0.262. The van der Waals surface area contributed by atoms with Crippen molar-refractivity contribution in [2.45, 2.75) is 37.4 Å². The van der Waals surface area contributed by atoms with Gasteiger partial charge in [0.15, 0.2) is 10.9 Å². The number of alkyl halides is 3. The van der Waals surface area contributed by atoms with Crippen LogP contribution in [0.4, 0.5) is 18.0 Å². The van der Waals surface area contributed by atoms with Crippen LogP contribution in [0.3, 0.4) is 0 Å². The Bertz CT molecular complexity index is 903. The number of aryl methyl sites for hydroxylation is 1. The number of carbonyl (C=O) groups excluding carboxylic acids is 1. The van der Waals surface area contributed by atoms with Crippen molar-refractivity contribution in [1.82, 2.24) is 14.5 Å². The third-order valence-corrected chi connectivity index (χ3v) is 4.74. The second-order valence-electron chi connectivity index (χ2n) is 5.20. The predicted molar refractivity (Wildman–Crippen MR) is 94.1 cm³/mol. The summed E-state index contributed by atoms with van der Waals surface area (Å²) in [5, 5.41) is -0.0953. The first-order valence-corrected chi connectivity index (χ1v) is 9.17. The van der Waals surface area contributed by atoms with Gasteiger partial charge in [-0.3, -0.25) is 9.78 Å². The van der Waals surface area contributed by atoms with Gasteiger partial charge in [-0.05, 0) is 24.5 Å². The standard InChI is InChI=1S/C16H15ClF3N3O3S/c1-3-9-6-21-7-11(17)10(9)8-27-14-22-12(16(18,19)20)5-13(24)23(14)15(25)26-4-2/h5-7H,3-4,8H2,1-2H3. The van der Waals surface area contributed by atoms with Crippen LogP contribution in [0, 0.1) is 0 Å². The number of thioether (sulfide) groups is 1. The minimum atomic E-state index is -4.83. The number of aromatic nitrogens is 3. The third-order valence-electron chi connectivity index (χ3n) is 3.45. The van der Waals surface area contributed by atoms with E-state index in [0.29, 0.717) is 21.6 Å². The quantitative estimate of drug-likeness (QED) is 0.533. The van der Waals surface area contributed by atoms with Crippen molar-refractivity contribution in [2.75, 3.05) is 6.61 Å². The molecule has 0 spiro atoms. The molecule has 27 heavy (non-hydrogen) atoms. The zero-order valence-corrected chi connectivity index (χ0v) is 15.9. The third kappa shape index (κ3) is 5.01. The molecule has 0 fully saturated rings. The normalized spacial score (nSPS) is 11.5. The zero-order valence-electron chi connectivity index (χ0n) is 14.3. The summed E-state index contributed by atoms with van der Waals surface area (Å²) in [6.07, 6.45) is -2.31. The molecule has 0 bridgehead atoms. The molecular formula is C16H15ClF3N3O3S. The van der Waals surface area contributed by atoms with Gasteiger partial charge in [-0.1, -0.05) is 30.3 Å². The Labute approximate surface area is 161 Å². The van der Waals surface area contributed by atoms with E-state index in [1.165, 1.54) is 13.1 Å². The molecule has 2 aromatic heterocycles. The number of halogens is 4. The van der Waals surface area contributed by atoms with Crippen molar-refractivity contribution in [3.8, 4) is 0 Å². The van der Waals surface area contributed by atoms with E-state index in [0.717, 1.165) is 17.3 Å². The lowest BCUT2D eigenvalue weighted by Gasteiger charge is -2.14. The van der Waals surface area contributed by atoms with Crippen LogP contribution < -0.4 is 5.56 Å². The van der Waals surface area contributed by atoms with E-state index in [1.54, 1.807) is 6.20 Å². The van der Waals surface area contributed by atoms with Gasteiger partial charge in [0.2, 0.25) is 0 Å². The molecule has 0 aliphatic rings. The first-order chi connectivity index (χ1) is 12.7. The summed E-state index contributed by atoms with van der Waals surface area (Å²) in [5.41, 5.74) is -1.12. The summed E-state index contributed by atoms with van der Waals surface area (Å²) in [7, 11) is 0. The highest BCUT2D eigenvalue weighted by atomic mass is 35.5. The summed E-state index contributed by atoms with van der Waals surface area (Å²) in [4.78, 5) is 31.5. The van der Waals surface area contributed by atoms with Crippen LogP contribution >= 0.6 is 23.4 Å². The molecule has 0 saturated heterocycles. The molecule has 0 radical (unpaired) electrons. The minimum Gasteiger partial charge on any atom is -0.449 e. The van der Waals surface area contributed by atoms with Gasteiger partial charge >= 0.3 is 12.3 Å². The number of pyridine rings is 1. The Morgan fingerprint density at radius 1 is 1.33 bits per heavy atom. The van der Waals surface area contributed by atoms with Crippen LogP contribution in [-0.2, 0) is 23.1 Å². The molecule has 2 rings (SSSR count). The van der Waals surface area contributed by atoms with Gasteiger partial charge in [-0.15, -0.1) is 0 Å². The van der Waals surface area contributed by atoms with Crippen LogP contribution in [0.15, 0.2) is 28.4 Å². The van der Waals surface area contributed by atoms with Crippen LogP contribution in [-0.4, -0.2) is 27.2 Å². The highest BCUT2D eigenvalue weighted by molar-refractivity contribution is 7.98. The van der Waals surface area contributed by atoms with Crippen molar-refractivity contribution in [2.24, 2.45) is 0 Å². The maximum atomic E-state index is 13.0. The summed E-state index contributed by atoms with van der Waals surface area (Å²) >= 11 is 6.91. The highest BCUT2D eigenvalue weighted by Crippen LogP contribution is 2.31. The minimum absolute atomic E-state index is 0.0490. The van der Waals surface area contributed by atoms with Gasteiger partial charge in [0.1, 0.15) is 0 Å². The van der Waals surface area contributed by atoms with Gasteiger partial charge in [-0.2, -0.15) is 17.7 Å². The van der Waals surface area contributed by atoms with E-state index >= 15 is 0 Å². The molecule has 0 amide bonds. The molecule has 6 nitrogen and oxygen atoms in total. The van der Waals surface area contributed by atoms with Crippen molar-refractivity contribution >= 4 is 29.5 Å². The second-order valence-corrected chi connectivity index (χ2v) is 6.55. The molecule has 146 valence electrons. The maximum absolute atomic E-state index is 13.0. The zero-order chi connectivity index (χ0) is 20.2. The van der Waals surface area contributed by atoms with Crippen LogP contribution in [0.2, 0.25) is 5.02 Å². The average molecular weight is 422 g/mol. The Balaban J connectivity index is 2.49. The topological polar surface area (TPSA) is 74.1 Å². The fourth-order valence-corrected chi connectivity index (χ4v) is 3.56. The van der Waals surface area contributed by atoms with Crippen molar-refractivity contribution < 1.29 is 22.7 Å². The Hall–Kier alpha value is -2.07. The SMILES string of the molecule is CCOC(=O)n1c(SCc2c(Cl)cncc2CC)nc(C(F)(F)F)cc1=O. The number of nitrogens with zero attached hydrogens (tertiary/aromatic N) is 3. The van der Waals surface area contributed by atoms with Gasteiger partial charge in [0.25, 0.3) is 5.56 Å². The molecule has 0 aromatic carbocycles. The Morgan fingerprint density at radius 2 is 2.04 bits per heavy atom. The molecule has 0 aliphatic carbocycles. The van der Waals surface area contributed by atoms with Crippen molar-refractivity contribution in [3.63, 3.8) is 0 Å². The molecule has 0 N–H and O–H groups in total. The number of hydrogen-bond donors (Lipinski definition) is 0. The molecule has 2 heterocycles. The van der Waals surface area contributed by atoms with E-state index in [-0.39, 0.29) is 18.4 Å². The molecule has 0 atom stereocenters. The van der Waals surface area contributed by atoms with Crippen molar-refractivity contribution in [1.29, 1.82) is 0 Å². The van der Waals surface area contributed by atoms with E-state index in [9.17, 15) is 22.8 Å². The molecule has 0 aliphatic heterocycles. The molecule has 2 aromatic rings. The van der Waals surface area contributed by atoms with E-state index < -0.39 is 28.7 Å². The largest absolute Gasteiger partial charge is 0.449 e. The molecule has 11 heteroatoms. The average Bonchev–Trinajstić information content (AvgIpc) is 2.59. The summed E-state index contributed by atoms with van der Waals surface area (Å²) < 4.78 is 44.3. The number of rotatable bonds is 5. The van der Waals surface area contributed by atoms with E-state index in [1.807, 2.05) is 6.92 Å². The van der Waals surface area contributed by atoms with Crippen LogP contribution in [0.25, 0.3) is 0 Å². The van der Waals surface area contributed by atoms with Gasteiger partial charge in [0, 0.05) is 24.2 Å².